The Balaban J connectivity index is 0.000000908. The molecule has 15 nitrogen and oxygen atoms in total. The van der Waals surface area contributed by atoms with Gasteiger partial charge < -0.3 is 44.9 Å². The molecule has 1 saturated carbocycles. The molecule has 1 aromatic heterocycles. The summed E-state index contributed by atoms with van der Waals surface area (Å²) in [5.41, 5.74) is 5.03. The van der Waals surface area contributed by atoms with Gasteiger partial charge in [-0.3, -0.25) is 24.3 Å². The van der Waals surface area contributed by atoms with Gasteiger partial charge in [-0.25, -0.2) is 4.79 Å². The van der Waals surface area contributed by atoms with Crippen LogP contribution in [0.4, 0.5) is 18.9 Å². The Labute approximate surface area is 393 Å². The molecular formula is C50H61F3N6O9. The number of pyridine rings is 1. The van der Waals surface area contributed by atoms with Crippen LogP contribution in [0, 0.1) is 0 Å². The maximum Gasteiger partial charge on any atom is 0.490 e. The highest BCUT2D eigenvalue weighted by Gasteiger charge is 2.41. The van der Waals surface area contributed by atoms with Crippen LogP contribution in [0.5, 0.6) is 11.5 Å². The highest BCUT2D eigenvalue weighted by atomic mass is 19.4. The molecule has 3 fully saturated rings. The molecule has 2 saturated heterocycles. The molecule has 366 valence electrons. The van der Waals surface area contributed by atoms with E-state index in [0.29, 0.717) is 82.4 Å². The van der Waals surface area contributed by atoms with Crippen molar-refractivity contribution in [3.05, 3.63) is 95.2 Å². The summed E-state index contributed by atoms with van der Waals surface area (Å²) < 4.78 is 49.8. The van der Waals surface area contributed by atoms with Crippen molar-refractivity contribution in [2.75, 3.05) is 77.6 Å². The average Bonchev–Trinajstić information content (AvgIpc) is 3.34. The quantitative estimate of drug-likeness (QED) is 0.0723. The number of carbonyl (C=O) groups excluding carboxylic acids is 3. The number of hydrogen-bond acceptors (Lipinski definition) is 11. The van der Waals surface area contributed by atoms with Crippen LogP contribution in [-0.4, -0.2) is 144 Å². The lowest BCUT2D eigenvalue weighted by Crippen LogP contribution is -2.57. The first-order chi connectivity index (χ1) is 32.8. The topological polar surface area (TPSA) is 183 Å². The Morgan fingerprint density at radius 1 is 0.941 bits per heavy atom. The smallest absolute Gasteiger partial charge is 0.490 e. The number of phenolic OH excluding ortho intramolecular Hbond substituents is 1. The van der Waals surface area contributed by atoms with Crippen LogP contribution >= 0.6 is 0 Å². The molecule has 68 heavy (non-hydrogen) atoms. The number of carboxylic acids is 1. The summed E-state index contributed by atoms with van der Waals surface area (Å²) >= 11 is 0. The number of morpholine rings is 1. The largest absolute Gasteiger partial charge is 0.506 e. The number of piperidine rings is 1. The number of carboxylic acid groups (broad SMARTS) is 1. The van der Waals surface area contributed by atoms with Crippen molar-refractivity contribution in [2.45, 2.75) is 88.6 Å². The molecule has 1 aliphatic carbocycles. The fraction of sp³-hybridized carbons (Fsp3) is 0.500. The van der Waals surface area contributed by atoms with Gasteiger partial charge in [0.2, 0.25) is 5.91 Å². The van der Waals surface area contributed by atoms with Gasteiger partial charge in [-0.1, -0.05) is 55.7 Å². The number of phenols is 1. The third-order valence-corrected chi connectivity index (χ3v) is 13.1. The highest BCUT2D eigenvalue weighted by Crippen LogP contribution is 2.39. The molecule has 1 spiro atoms. The van der Waals surface area contributed by atoms with E-state index in [1.807, 2.05) is 41.3 Å². The summed E-state index contributed by atoms with van der Waals surface area (Å²) in [4.78, 5) is 58.7. The van der Waals surface area contributed by atoms with Crippen molar-refractivity contribution in [1.82, 2.24) is 25.0 Å². The molecule has 4 heterocycles. The number of alkyl halides is 3. The summed E-state index contributed by atoms with van der Waals surface area (Å²) in [5.74, 6) is -2.31. The third kappa shape index (κ3) is 13.7. The number of hydrogen-bond donors (Lipinski definition) is 4. The van der Waals surface area contributed by atoms with Crippen molar-refractivity contribution in [3.63, 3.8) is 0 Å². The Bertz CT molecular complexity index is 2370. The lowest BCUT2D eigenvalue weighted by atomic mass is 9.88. The van der Waals surface area contributed by atoms with Crippen LogP contribution < -0.4 is 15.4 Å². The van der Waals surface area contributed by atoms with E-state index >= 15 is 0 Å². The van der Waals surface area contributed by atoms with Gasteiger partial charge in [0.25, 0.3) is 11.8 Å². The van der Waals surface area contributed by atoms with E-state index in [-0.39, 0.29) is 41.7 Å². The van der Waals surface area contributed by atoms with Crippen LogP contribution in [0.3, 0.4) is 0 Å². The predicted molar refractivity (Wildman–Crippen MR) is 248 cm³/mol. The third-order valence-electron chi connectivity index (χ3n) is 13.1. The number of aromatic hydroxyl groups is 1. The number of aromatic nitrogens is 1. The van der Waals surface area contributed by atoms with E-state index in [1.54, 1.807) is 12.3 Å². The standard InChI is InChI=1S/C48H60N6O7.C2HF3O2/c55-42-14-12-37(46-45(42)51-43(56)33-60-46)15-21-49-22-25-54(40-9-2-1-3-10-40)44(57)17-28-59-27-16-35-6-4-7-36(30-35)32-52-23-18-48(19-24-52)34-53(26-29-61-48)47(58)39-11-13-41-38(31-39)8-5-20-50-41;3-2(4,5)1(6)7/h4-8,11-14,20,30-31,40,49,55H,1-3,9-10,15-19,21-29,32-34H2,(H,51,56);(H,6,7). The molecule has 4 aliphatic rings. The van der Waals surface area contributed by atoms with Gasteiger partial charge in [0, 0.05) is 62.5 Å². The van der Waals surface area contributed by atoms with Crippen molar-refractivity contribution < 1.29 is 56.8 Å². The van der Waals surface area contributed by atoms with E-state index in [4.69, 9.17) is 24.1 Å². The zero-order chi connectivity index (χ0) is 48.1. The molecule has 0 radical (unpaired) electrons. The second-order valence-electron chi connectivity index (χ2n) is 17.8. The SMILES string of the molecule is O=C(O)C(F)(F)F.O=C1COc2c(CCNCCN(C(=O)CCOCCc3cccc(CN4CCC5(CC4)CN(C(=O)c4ccc6ncccc6c4)CCO5)c3)C3CCCCC3)ccc(O)c2N1. The van der Waals surface area contributed by atoms with Crippen LogP contribution in [0.1, 0.15) is 78.4 Å². The number of fused-ring (bicyclic) bond motifs is 2. The Hall–Kier alpha value is -5.82. The number of ether oxygens (including phenoxy) is 3. The van der Waals surface area contributed by atoms with Crippen LogP contribution in [0.25, 0.3) is 10.9 Å². The zero-order valence-electron chi connectivity index (χ0n) is 38.2. The van der Waals surface area contributed by atoms with Gasteiger partial charge in [0.15, 0.2) is 12.4 Å². The van der Waals surface area contributed by atoms with Gasteiger partial charge in [-0.2, -0.15) is 13.2 Å². The number of amides is 3. The van der Waals surface area contributed by atoms with Crippen molar-refractivity contribution >= 4 is 40.3 Å². The number of aliphatic carboxylic acids is 1. The Kier molecular flexibility index (Phi) is 17.3. The summed E-state index contributed by atoms with van der Waals surface area (Å²) in [6.45, 7) is 7.36. The van der Waals surface area contributed by atoms with Crippen LogP contribution in [0.2, 0.25) is 0 Å². The molecule has 4 N–H and O–H groups in total. The van der Waals surface area contributed by atoms with Crippen LogP contribution in [-0.2, 0) is 43.2 Å². The molecule has 18 heteroatoms. The number of likely N-dealkylation sites (tertiary alicyclic amines) is 1. The fourth-order valence-electron chi connectivity index (χ4n) is 9.43. The minimum Gasteiger partial charge on any atom is -0.506 e. The number of nitrogens with one attached hydrogen (secondary N) is 2. The lowest BCUT2D eigenvalue weighted by Gasteiger charge is -2.47. The second kappa shape index (κ2) is 23.5. The molecule has 0 unspecified atom stereocenters. The molecule has 0 atom stereocenters. The molecular weight excluding hydrogens is 886 g/mol. The average molecular weight is 947 g/mol. The Morgan fingerprint density at radius 2 is 1.72 bits per heavy atom. The van der Waals surface area contributed by atoms with Gasteiger partial charge >= 0.3 is 12.1 Å². The molecule has 3 aromatic carbocycles. The predicted octanol–water partition coefficient (Wildman–Crippen LogP) is 6.35. The van der Waals surface area contributed by atoms with Gasteiger partial charge in [-0.15, -0.1) is 0 Å². The van der Waals surface area contributed by atoms with Crippen LogP contribution in [0.15, 0.2) is 72.9 Å². The normalized spacial score (nSPS) is 17.4. The summed E-state index contributed by atoms with van der Waals surface area (Å²) in [6, 6.07) is 22.1. The molecule has 4 aromatic rings. The van der Waals surface area contributed by atoms with E-state index in [2.05, 4.69) is 49.7 Å². The minimum atomic E-state index is -5.08. The molecule has 3 aliphatic heterocycles. The fourth-order valence-corrected chi connectivity index (χ4v) is 9.43. The summed E-state index contributed by atoms with van der Waals surface area (Å²) in [6.07, 6.45) is 5.90. The van der Waals surface area contributed by atoms with E-state index in [9.17, 15) is 32.7 Å². The van der Waals surface area contributed by atoms with Crippen molar-refractivity contribution in [2.24, 2.45) is 0 Å². The first-order valence-corrected chi connectivity index (χ1v) is 23.5. The number of carbonyl (C=O) groups is 4. The highest BCUT2D eigenvalue weighted by molar-refractivity contribution is 5.98. The monoisotopic (exact) mass is 946 g/mol. The first-order valence-electron chi connectivity index (χ1n) is 23.5. The first kappa shape index (κ1) is 50.1. The van der Waals surface area contributed by atoms with E-state index in [0.717, 1.165) is 81.0 Å². The number of nitrogens with zero attached hydrogens (tertiary/aromatic N) is 4. The molecule has 8 rings (SSSR count). The summed E-state index contributed by atoms with van der Waals surface area (Å²) in [7, 11) is 0. The molecule has 0 bridgehead atoms. The van der Waals surface area contributed by atoms with Gasteiger partial charge in [0.1, 0.15) is 11.4 Å². The van der Waals surface area contributed by atoms with E-state index < -0.39 is 12.1 Å². The van der Waals surface area contributed by atoms with Gasteiger partial charge in [-0.05, 0) is 92.1 Å². The number of benzene rings is 3. The lowest BCUT2D eigenvalue weighted by molar-refractivity contribution is -0.192. The molecule has 3 amide bonds. The zero-order valence-corrected chi connectivity index (χ0v) is 38.2. The maximum absolute atomic E-state index is 13.6. The number of halogens is 3. The van der Waals surface area contributed by atoms with Crippen molar-refractivity contribution in [1.29, 1.82) is 0 Å². The summed E-state index contributed by atoms with van der Waals surface area (Å²) in [5, 5.41) is 24.4. The van der Waals surface area contributed by atoms with E-state index in [1.165, 1.54) is 17.5 Å². The minimum absolute atomic E-state index is 0.00527. The number of rotatable bonds is 16. The Morgan fingerprint density at radius 3 is 2.50 bits per heavy atom. The second-order valence-corrected chi connectivity index (χ2v) is 17.8. The van der Waals surface area contributed by atoms with Gasteiger partial charge in [0.05, 0.1) is 43.9 Å². The van der Waals surface area contributed by atoms with Crippen molar-refractivity contribution in [3.8, 4) is 11.5 Å². The number of anilines is 1. The maximum atomic E-state index is 13.6.